The van der Waals surface area contributed by atoms with Crippen LogP contribution in [0.2, 0.25) is 5.02 Å². The maximum absolute atomic E-state index is 12.4. The summed E-state index contributed by atoms with van der Waals surface area (Å²) in [6.45, 7) is 2.09. The van der Waals surface area contributed by atoms with Crippen molar-refractivity contribution in [1.29, 1.82) is 0 Å². The van der Waals surface area contributed by atoms with E-state index in [9.17, 15) is 14.9 Å². The van der Waals surface area contributed by atoms with Crippen molar-refractivity contribution < 1.29 is 18.9 Å². The molecule has 0 saturated heterocycles. The molecule has 2 aromatic heterocycles. The van der Waals surface area contributed by atoms with Gasteiger partial charge in [0.25, 0.3) is 11.6 Å². The Labute approximate surface area is 192 Å². The maximum atomic E-state index is 12.4. The quantitative estimate of drug-likeness (QED) is 0.296. The number of rotatable bonds is 8. The number of carbonyl (C=O) groups is 1. The molecule has 0 fully saturated rings. The molecule has 1 amide bonds. The number of nitro benzene ring substituents is 1. The van der Waals surface area contributed by atoms with Crippen molar-refractivity contribution in [3.05, 3.63) is 98.7 Å². The fraction of sp³-hybridized carbons (Fsp3) is 0.136. The molecule has 4 aromatic rings. The zero-order chi connectivity index (χ0) is 23.4. The highest BCUT2D eigenvalue weighted by atomic mass is 35.5. The van der Waals surface area contributed by atoms with E-state index in [2.05, 4.69) is 15.4 Å². The Balaban J connectivity index is 1.34. The van der Waals surface area contributed by atoms with Crippen LogP contribution in [0, 0.1) is 17.0 Å². The van der Waals surface area contributed by atoms with Gasteiger partial charge in [-0.2, -0.15) is 0 Å². The molecular formula is C22H18ClN5O5. The zero-order valence-electron chi connectivity index (χ0n) is 17.4. The van der Waals surface area contributed by atoms with Gasteiger partial charge in [0.2, 0.25) is 5.95 Å². The number of halogens is 1. The summed E-state index contributed by atoms with van der Waals surface area (Å²) in [6.07, 6.45) is 1.49. The van der Waals surface area contributed by atoms with Gasteiger partial charge >= 0.3 is 0 Å². The normalized spacial score (nSPS) is 10.7. The van der Waals surface area contributed by atoms with Crippen LogP contribution in [0.4, 0.5) is 11.6 Å². The first kappa shape index (κ1) is 22.0. The number of furan rings is 1. The number of nitrogens with zero attached hydrogens (tertiary/aromatic N) is 4. The maximum Gasteiger partial charge on any atom is 0.293 e. The number of amides is 1. The van der Waals surface area contributed by atoms with Gasteiger partial charge in [-0.25, -0.2) is 9.67 Å². The van der Waals surface area contributed by atoms with Crippen molar-refractivity contribution in [3.8, 4) is 5.75 Å². The van der Waals surface area contributed by atoms with E-state index in [1.807, 2.05) is 18.2 Å². The summed E-state index contributed by atoms with van der Waals surface area (Å²) < 4.78 is 12.7. The molecule has 0 bridgehead atoms. The van der Waals surface area contributed by atoms with Gasteiger partial charge in [0.05, 0.1) is 11.5 Å². The average Bonchev–Trinajstić information content (AvgIpc) is 3.43. The molecule has 0 saturated carbocycles. The Morgan fingerprint density at radius 1 is 1.24 bits per heavy atom. The monoisotopic (exact) mass is 467 g/mol. The number of benzene rings is 2. The van der Waals surface area contributed by atoms with Crippen molar-refractivity contribution in [2.24, 2.45) is 0 Å². The molecule has 2 heterocycles. The minimum absolute atomic E-state index is 0.0159. The molecule has 0 aliphatic heterocycles. The number of nitrogens with one attached hydrogen (secondary N) is 1. The molecule has 10 nitrogen and oxygen atoms in total. The van der Waals surface area contributed by atoms with Crippen LogP contribution in [0.1, 0.15) is 27.4 Å². The number of ether oxygens (including phenoxy) is 1. The fourth-order valence-electron chi connectivity index (χ4n) is 3.05. The third-order valence-corrected chi connectivity index (χ3v) is 5.05. The van der Waals surface area contributed by atoms with Gasteiger partial charge in [0.1, 0.15) is 24.4 Å². The highest BCUT2D eigenvalue weighted by Gasteiger charge is 2.15. The summed E-state index contributed by atoms with van der Waals surface area (Å²) >= 11 is 6.16. The number of aryl methyl sites for hydroxylation is 1. The van der Waals surface area contributed by atoms with E-state index >= 15 is 0 Å². The number of aromatic nitrogens is 3. The molecule has 33 heavy (non-hydrogen) atoms. The number of hydrogen-bond donors (Lipinski definition) is 1. The minimum Gasteiger partial charge on any atom is -0.486 e. The summed E-state index contributed by atoms with van der Waals surface area (Å²) in [6, 6.07) is 15.0. The highest BCUT2D eigenvalue weighted by Crippen LogP contribution is 2.24. The largest absolute Gasteiger partial charge is 0.486 e. The molecule has 0 unspecified atom stereocenters. The first-order chi connectivity index (χ1) is 15.9. The summed E-state index contributed by atoms with van der Waals surface area (Å²) in [5.74, 6) is 0.545. The summed E-state index contributed by atoms with van der Waals surface area (Å²) in [4.78, 5) is 27.0. The first-order valence-corrected chi connectivity index (χ1v) is 10.2. The zero-order valence-corrected chi connectivity index (χ0v) is 18.2. The predicted molar refractivity (Wildman–Crippen MR) is 119 cm³/mol. The molecule has 4 rings (SSSR count). The third kappa shape index (κ3) is 5.36. The van der Waals surface area contributed by atoms with Crippen LogP contribution in [-0.4, -0.2) is 25.6 Å². The third-order valence-electron chi connectivity index (χ3n) is 4.68. The summed E-state index contributed by atoms with van der Waals surface area (Å²) in [5.41, 5.74) is 1.38. The first-order valence-electron chi connectivity index (χ1n) is 9.80. The van der Waals surface area contributed by atoms with Gasteiger partial charge in [-0.15, -0.1) is 5.10 Å². The Bertz CT molecular complexity index is 1320. The fourth-order valence-corrected chi connectivity index (χ4v) is 3.24. The van der Waals surface area contributed by atoms with E-state index in [4.69, 9.17) is 20.8 Å². The van der Waals surface area contributed by atoms with Crippen molar-refractivity contribution >= 4 is 29.1 Å². The lowest BCUT2D eigenvalue weighted by molar-refractivity contribution is -0.385. The minimum atomic E-state index is -0.511. The second-order valence-electron chi connectivity index (χ2n) is 7.07. The lowest BCUT2D eigenvalue weighted by Gasteiger charge is -2.05. The lowest BCUT2D eigenvalue weighted by atomic mass is 10.2. The molecule has 1 N–H and O–H groups in total. The Morgan fingerprint density at radius 2 is 2.06 bits per heavy atom. The molecule has 0 radical (unpaired) electrons. The Hall–Kier alpha value is -4.18. The number of nitro groups is 1. The van der Waals surface area contributed by atoms with Crippen molar-refractivity contribution in [2.45, 2.75) is 20.1 Å². The van der Waals surface area contributed by atoms with Gasteiger partial charge in [-0.05, 0) is 42.8 Å². The lowest BCUT2D eigenvalue weighted by Crippen LogP contribution is -2.12. The van der Waals surface area contributed by atoms with E-state index in [0.717, 1.165) is 5.56 Å². The van der Waals surface area contributed by atoms with Gasteiger partial charge in [-0.3, -0.25) is 20.2 Å². The molecule has 168 valence electrons. The molecule has 0 atom stereocenters. The van der Waals surface area contributed by atoms with E-state index in [1.54, 1.807) is 29.8 Å². The average molecular weight is 468 g/mol. The smallest absolute Gasteiger partial charge is 0.293 e. The van der Waals surface area contributed by atoms with Gasteiger partial charge in [-0.1, -0.05) is 29.8 Å². The number of hydrogen-bond acceptors (Lipinski definition) is 7. The van der Waals surface area contributed by atoms with Crippen LogP contribution in [-0.2, 0) is 13.2 Å². The van der Waals surface area contributed by atoms with Gasteiger partial charge < -0.3 is 9.15 Å². The standard InChI is InChI=1S/C22H18ClN5O5/c1-14-10-16(6-8-19(14)28(30)31)32-12-17-7-9-20(33-17)21(29)25-22-24-13-27(26-22)11-15-4-2-3-5-18(15)23/h2-10,13H,11-12H2,1H3,(H,25,26,29). The van der Waals surface area contributed by atoms with Crippen molar-refractivity contribution in [2.75, 3.05) is 5.32 Å². The van der Waals surface area contributed by atoms with Crippen LogP contribution in [0.15, 0.2) is 65.3 Å². The SMILES string of the molecule is Cc1cc(OCc2ccc(C(=O)Nc3ncn(Cc4ccccc4Cl)n3)o2)ccc1[N+](=O)[O-]. The molecule has 0 spiro atoms. The van der Waals surface area contributed by atoms with Gasteiger partial charge in [0.15, 0.2) is 5.76 Å². The van der Waals surface area contributed by atoms with Crippen molar-refractivity contribution in [1.82, 2.24) is 14.8 Å². The summed E-state index contributed by atoms with van der Waals surface area (Å²) in [7, 11) is 0. The summed E-state index contributed by atoms with van der Waals surface area (Å²) in [5, 5.41) is 18.3. The van der Waals surface area contributed by atoms with Crippen molar-refractivity contribution in [3.63, 3.8) is 0 Å². The second-order valence-corrected chi connectivity index (χ2v) is 7.48. The van der Waals surface area contributed by atoms with Crippen LogP contribution in [0.5, 0.6) is 5.75 Å². The molecule has 0 aliphatic carbocycles. The van der Waals surface area contributed by atoms with E-state index in [1.165, 1.54) is 24.5 Å². The number of carbonyl (C=O) groups excluding carboxylic acids is 1. The predicted octanol–water partition coefficient (Wildman–Crippen LogP) is 4.62. The van der Waals surface area contributed by atoms with E-state index < -0.39 is 10.8 Å². The molecule has 0 aliphatic rings. The van der Waals surface area contributed by atoms with E-state index in [-0.39, 0.29) is 24.0 Å². The number of anilines is 1. The van der Waals surface area contributed by atoms with Crippen LogP contribution in [0.25, 0.3) is 0 Å². The second kappa shape index (κ2) is 9.53. The Kier molecular flexibility index (Phi) is 6.36. The molecular weight excluding hydrogens is 450 g/mol. The van der Waals surface area contributed by atoms with E-state index in [0.29, 0.717) is 28.6 Å². The molecule has 2 aromatic carbocycles. The van der Waals surface area contributed by atoms with Crippen LogP contribution >= 0.6 is 11.6 Å². The van der Waals surface area contributed by atoms with Crippen LogP contribution < -0.4 is 10.1 Å². The molecule has 11 heteroatoms. The highest BCUT2D eigenvalue weighted by molar-refractivity contribution is 6.31. The van der Waals surface area contributed by atoms with Gasteiger partial charge in [0, 0.05) is 16.7 Å². The Morgan fingerprint density at radius 3 is 2.82 bits per heavy atom. The van der Waals surface area contributed by atoms with Crippen LogP contribution in [0.3, 0.4) is 0 Å². The topological polar surface area (TPSA) is 125 Å².